The molecule has 1 fully saturated rings. The normalized spacial score (nSPS) is 21.0. The largest absolute Gasteiger partial charge is 0.416 e. The van der Waals surface area contributed by atoms with Gasteiger partial charge in [-0.25, -0.2) is 18.6 Å². The van der Waals surface area contributed by atoms with Crippen LogP contribution >= 0.6 is 11.6 Å². The van der Waals surface area contributed by atoms with Crippen LogP contribution in [0.1, 0.15) is 50.2 Å². The molecule has 5 unspecified atom stereocenters. The number of quaternary nitrogens is 1. The number of likely N-dealkylation sites (N-methyl/N-ethyl adjacent to an activating group) is 1. The van der Waals surface area contributed by atoms with Crippen LogP contribution in [0.25, 0.3) is 0 Å². The summed E-state index contributed by atoms with van der Waals surface area (Å²) in [5.74, 6) is 2.35. The molecule has 1 saturated carbocycles. The Bertz CT molecular complexity index is 1590. The second kappa shape index (κ2) is 13.4. The van der Waals surface area contributed by atoms with Crippen LogP contribution in [0.5, 0.6) is 0 Å². The van der Waals surface area contributed by atoms with Crippen molar-refractivity contribution in [3.8, 4) is 0 Å². The maximum Gasteiger partial charge on any atom is 0.416 e. The smallest absolute Gasteiger partial charge is 0.335 e. The number of nitrogens with two attached hydrogens (primary N) is 2. The van der Waals surface area contributed by atoms with E-state index in [9.17, 15) is 22.2 Å². The van der Waals surface area contributed by atoms with Gasteiger partial charge in [-0.15, -0.1) is 0 Å². The minimum Gasteiger partial charge on any atom is -0.335 e. The molecule has 14 heteroatoms. The van der Waals surface area contributed by atoms with E-state index in [-0.39, 0.29) is 39.5 Å². The van der Waals surface area contributed by atoms with Gasteiger partial charge in [-0.3, -0.25) is 9.52 Å². The second-order valence-corrected chi connectivity index (χ2v) is 13.8. The van der Waals surface area contributed by atoms with E-state index in [1.807, 2.05) is 13.8 Å². The van der Waals surface area contributed by atoms with Crippen LogP contribution < -0.4 is 15.8 Å². The zero-order valence-corrected chi connectivity index (χ0v) is 26.1. The zero-order valence-electron chi connectivity index (χ0n) is 24.5. The van der Waals surface area contributed by atoms with E-state index in [2.05, 4.69) is 20.6 Å². The van der Waals surface area contributed by atoms with Crippen LogP contribution in [0.4, 0.5) is 29.1 Å². The summed E-state index contributed by atoms with van der Waals surface area (Å²) in [7, 11) is -1.75. The lowest BCUT2D eigenvalue weighted by Gasteiger charge is -2.41. The lowest BCUT2D eigenvalue weighted by atomic mass is 9.77. The molecule has 238 valence electrons. The fourth-order valence-electron chi connectivity index (χ4n) is 5.50. The lowest BCUT2D eigenvalue weighted by Crippen LogP contribution is -2.89. The number of benzene rings is 2. The van der Waals surface area contributed by atoms with Gasteiger partial charge in [0.1, 0.15) is 29.0 Å². The first-order valence-corrected chi connectivity index (χ1v) is 16.1. The summed E-state index contributed by atoms with van der Waals surface area (Å²) in [6.45, 7) is 3.66. The Hall–Kier alpha value is -3.26. The molecule has 8 nitrogen and oxygen atoms in total. The van der Waals surface area contributed by atoms with Crippen molar-refractivity contribution in [3.63, 3.8) is 0 Å². The number of carbonyl (C=O) groups is 1. The Labute approximate surface area is 259 Å². The summed E-state index contributed by atoms with van der Waals surface area (Å²) < 4.78 is 71.7. The molecule has 44 heavy (non-hydrogen) atoms. The van der Waals surface area contributed by atoms with E-state index >= 15 is 4.39 Å². The number of alkyl halides is 3. The van der Waals surface area contributed by atoms with Gasteiger partial charge in [0.15, 0.2) is 5.69 Å². The summed E-state index contributed by atoms with van der Waals surface area (Å²) >= 11 is 6.58. The highest BCUT2D eigenvalue weighted by Crippen LogP contribution is 2.38. The monoisotopic (exact) mass is 655 g/mol. The maximum atomic E-state index is 15.4. The Morgan fingerprint density at radius 1 is 1.23 bits per heavy atom. The highest BCUT2D eigenvalue weighted by atomic mass is 35.5. The third-order valence-electron chi connectivity index (χ3n) is 8.05. The number of nitrogens with zero attached hydrogens (tertiary/aromatic N) is 3. The first-order valence-electron chi connectivity index (χ1n) is 14.0. The number of aromatic nitrogens is 2. The van der Waals surface area contributed by atoms with Gasteiger partial charge in [0.25, 0.3) is 0 Å². The average molecular weight is 656 g/mol. The van der Waals surface area contributed by atoms with Crippen molar-refractivity contribution in [2.24, 2.45) is 11.7 Å². The molecule has 0 bridgehead atoms. The predicted molar refractivity (Wildman–Crippen MR) is 163 cm³/mol. The van der Waals surface area contributed by atoms with Gasteiger partial charge in [-0.1, -0.05) is 43.6 Å². The van der Waals surface area contributed by atoms with Crippen LogP contribution in [0, 0.1) is 11.7 Å². The summed E-state index contributed by atoms with van der Waals surface area (Å²) in [6.07, 6.45) is -0.422. The molecule has 4 rings (SSSR count). The quantitative estimate of drug-likeness (QED) is 0.175. The van der Waals surface area contributed by atoms with Crippen LogP contribution in [-0.2, 0) is 20.7 Å². The highest BCUT2D eigenvalue weighted by molar-refractivity contribution is 8.01. The molecular formula is C30H36ClF4N6O2S+. The number of hydrogen-bond acceptors (Lipinski definition) is 5. The van der Waals surface area contributed by atoms with Crippen molar-refractivity contribution in [1.82, 2.24) is 14.9 Å². The number of hydrogen-bond donors (Lipinski definition) is 3. The van der Waals surface area contributed by atoms with Crippen molar-refractivity contribution in [1.29, 1.82) is 0 Å². The predicted octanol–water partition coefficient (Wildman–Crippen LogP) is 4.73. The second-order valence-electron chi connectivity index (χ2n) is 11.4. The Balaban J connectivity index is 1.63. The summed E-state index contributed by atoms with van der Waals surface area (Å²) in [5, 5.41) is 1.88. The molecule has 1 amide bonds. The molecule has 3 aromatic rings. The van der Waals surface area contributed by atoms with E-state index in [0.717, 1.165) is 12.1 Å². The Kier molecular flexibility index (Phi) is 10.2. The maximum absolute atomic E-state index is 15.4. The van der Waals surface area contributed by atoms with Gasteiger partial charge in [-0.05, 0) is 54.3 Å². The number of rotatable bonds is 9. The van der Waals surface area contributed by atoms with E-state index in [4.69, 9.17) is 17.3 Å². The van der Waals surface area contributed by atoms with Gasteiger partial charge in [0.05, 0.1) is 32.3 Å². The average Bonchev–Trinajstić information content (AvgIpc) is 2.97. The number of nitrogens with one attached hydrogen (secondary N) is 1. The van der Waals surface area contributed by atoms with Crippen LogP contribution in [0.3, 0.4) is 0 Å². The lowest BCUT2D eigenvalue weighted by molar-refractivity contribution is -0.619. The number of carbonyl (C=O) groups excluding carboxylic acids is 1. The molecule has 1 heterocycles. The fourth-order valence-corrected chi connectivity index (χ4v) is 7.04. The van der Waals surface area contributed by atoms with Gasteiger partial charge in [0.2, 0.25) is 5.91 Å². The highest BCUT2D eigenvalue weighted by Gasteiger charge is 2.40. The minimum absolute atomic E-state index is 0.119. The molecule has 0 aliphatic heterocycles. The minimum atomic E-state index is -4.48. The van der Waals surface area contributed by atoms with Crippen LogP contribution in [0.15, 0.2) is 59.9 Å². The molecule has 0 spiro atoms. The third kappa shape index (κ3) is 7.68. The molecule has 5 N–H and O–H groups in total. The number of amides is 1. The third-order valence-corrected chi connectivity index (χ3v) is 9.94. The van der Waals surface area contributed by atoms with Crippen LogP contribution in [-0.4, -0.2) is 56.0 Å². The molecule has 1 aliphatic carbocycles. The van der Waals surface area contributed by atoms with E-state index in [0.29, 0.717) is 30.5 Å². The first kappa shape index (κ1) is 33.6. The molecule has 1 aromatic heterocycles. The Morgan fingerprint density at radius 2 is 1.95 bits per heavy atom. The van der Waals surface area contributed by atoms with Crippen LogP contribution in [0.2, 0.25) is 5.02 Å². The fraction of sp³-hybridized carbons (Fsp3) is 0.400. The molecule has 1 aliphatic rings. The van der Waals surface area contributed by atoms with Gasteiger partial charge < -0.3 is 16.0 Å². The van der Waals surface area contributed by atoms with E-state index < -0.39 is 39.3 Å². The van der Waals surface area contributed by atoms with Crippen molar-refractivity contribution in [2.75, 3.05) is 11.8 Å². The molecule has 0 radical (unpaired) electrons. The molecule has 5 atom stereocenters. The number of halogens is 5. The van der Waals surface area contributed by atoms with Crippen molar-refractivity contribution in [2.45, 2.75) is 68.2 Å². The summed E-state index contributed by atoms with van der Waals surface area (Å²) in [6, 6.07) is 7.56. The summed E-state index contributed by atoms with van der Waals surface area (Å²) in [5.41, 5.74) is 6.32. The van der Waals surface area contributed by atoms with Crippen molar-refractivity contribution in [3.05, 3.63) is 77.0 Å². The first-order chi connectivity index (χ1) is 20.6. The van der Waals surface area contributed by atoms with Gasteiger partial charge >= 0.3 is 6.18 Å². The topological polar surface area (TPSA) is 118 Å². The number of anilines is 1. The zero-order chi connectivity index (χ0) is 32.4. The molecular weight excluding hydrogens is 620 g/mol. The van der Waals surface area contributed by atoms with Gasteiger partial charge in [0, 0.05) is 25.7 Å². The molecule has 2 aromatic carbocycles. The standard InChI is InChI=1S/C30H35ClF4N6O2S/c1-17(2)28(36)29(42)41(3)25-13-19(18-6-5-7-20(12-18)30(33,34)35)8-9-23(25)39-24-15-22(32)26(14-21(24)31)44(4,43)40-27-10-11-37-16-38-27/h5-7,10-12,14-17,19,23,25,28,39H,4,8-9,13,36H2,1-3H3,(H,37,38,40,43)/p+1. The van der Waals surface area contributed by atoms with Gasteiger partial charge in [-0.2, -0.15) is 13.2 Å². The summed E-state index contributed by atoms with van der Waals surface area (Å²) in [4.78, 5) is 22.4. The van der Waals surface area contributed by atoms with Crippen molar-refractivity contribution < 1.29 is 31.9 Å². The van der Waals surface area contributed by atoms with E-state index in [1.54, 1.807) is 23.3 Å². The SMILES string of the molecule is C=S(=O)(Nc1ccncn1)c1cc(Cl)c([NH2+]C2CCC(c3cccc(C(F)(F)F)c3)CC2N(C)C(=O)C(N)C(C)C)cc1F. The van der Waals surface area contributed by atoms with Crippen molar-refractivity contribution >= 4 is 44.6 Å². The van der Waals surface area contributed by atoms with E-state index in [1.165, 1.54) is 36.8 Å². The molecule has 0 saturated heterocycles. The Morgan fingerprint density at radius 3 is 2.59 bits per heavy atom.